The molecule has 0 saturated heterocycles. The van der Waals surface area contributed by atoms with E-state index < -0.39 is 0 Å². The normalized spacial score (nSPS) is 11.1. The van der Waals surface area contributed by atoms with Crippen LogP contribution >= 0.6 is 11.6 Å². The van der Waals surface area contributed by atoms with Gasteiger partial charge in [-0.1, -0.05) is 18.5 Å². The fourth-order valence-electron chi connectivity index (χ4n) is 1.89. The number of ketones is 1. The average molecular weight is 252 g/mol. The minimum atomic E-state index is -0.0768. The smallest absolute Gasteiger partial charge is 0.162 e. The van der Waals surface area contributed by atoms with Gasteiger partial charge < -0.3 is 0 Å². The van der Waals surface area contributed by atoms with Crippen LogP contribution in [0.15, 0.2) is 6.20 Å². The third kappa shape index (κ3) is 1.93. The van der Waals surface area contributed by atoms with E-state index >= 15 is 0 Å². The molecule has 2 aromatic heterocycles. The van der Waals surface area contributed by atoms with E-state index in [-0.39, 0.29) is 5.78 Å². The summed E-state index contributed by atoms with van der Waals surface area (Å²) in [5.74, 6) is -0.0768. The molecule has 17 heavy (non-hydrogen) atoms. The summed E-state index contributed by atoms with van der Waals surface area (Å²) in [6.07, 6.45) is 2.50. The van der Waals surface area contributed by atoms with E-state index in [0.717, 1.165) is 29.7 Å². The topological polar surface area (TPSA) is 47.8 Å². The van der Waals surface area contributed by atoms with Crippen molar-refractivity contribution in [2.45, 2.75) is 33.7 Å². The number of fused-ring (bicyclic) bond motifs is 1. The highest BCUT2D eigenvalue weighted by atomic mass is 35.5. The zero-order chi connectivity index (χ0) is 12.6. The van der Waals surface area contributed by atoms with Crippen LogP contribution in [0.1, 0.15) is 36.3 Å². The van der Waals surface area contributed by atoms with E-state index in [1.54, 1.807) is 0 Å². The first-order valence-corrected chi connectivity index (χ1v) is 5.96. The molecule has 0 radical (unpaired) electrons. The third-order valence-corrected chi connectivity index (χ3v) is 3.08. The number of hydrogen-bond acceptors (Lipinski definition) is 3. The molecular formula is C12H14ClN3O. The zero-order valence-electron chi connectivity index (χ0n) is 10.1. The first-order chi connectivity index (χ1) is 8.06. The van der Waals surface area contributed by atoms with Crippen molar-refractivity contribution in [1.82, 2.24) is 14.8 Å². The van der Waals surface area contributed by atoms with Crippen molar-refractivity contribution in [3.8, 4) is 0 Å². The summed E-state index contributed by atoms with van der Waals surface area (Å²) < 4.78 is 1.83. The van der Waals surface area contributed by atoms with Crippen molar-refractivity contribution in [3.63, 3.8) is 0 Å². The van der Waals surface area contributed by atoms with Crippen LogP contribution in [0, 0.1) is 6.92 Å². The van der Waals surface area contributed by atoms with Gasteiger partial charge in [0.1, 0.15) is 0 Å². The monoisotopic (exact) mass is 251 g/mol. The highest BCUT2D eigenvalue weighted by Gasteiger charge is 2.16. The van der Waals surface area contributed by atoms with E-state index in [9.17, 15) is 4.79 Å². The first-order valence-electron chi connectivity index (χ1n) is 5.58. The summed E-state index contributed by atoms with van der Waals surface area (Å²) in [4.78, 5) is 15.7. The SMILES string of the molecule is CCCn1nc(C)c2c(Cl)c(C(C)=O)cnc21. The Bertz CT molecular complexity index is 589. The number of carbonyl (C=O) groups is 1. The van der Waals surface area contributed by atoms with E-state index in [4.69, 9.17) is 11.6 Å². The Balaban J connectivity index is 2.74. The van der Waals surface area contributed by atoms with Gasteiger partial charge >= 0.3 is 0 Å². The van der Waals surface area contributed by atoms with Crippen molar-refractivity contribution in [3.05, 3.63) is 22.5 Å². The number of aryl methyl sites for hydroxylation is 2. The quantitative estimate of drug-likeness (QED) is 0.788. The summed E-state index contributed by atoms with van der Waals surface area (Å²) in [7, 11) is 0. The number of hydrogen-bond donors (Lipinski definition) is 0. The Morgan fingerprint density at radius 1 is 1.53 bits per heavy atom. The molecule has 0 aliphatic rings. The minimum absolute atomic E-state index is 0.0768. The van der Waals surface area contributed by atoms with Crippen LogP contribution in [0.2, 0.25) is 5.02 Å². The molecule has 0 fully saturated rings. The van der Waals surface area contributed by atoms with E-state index in [1.807, 2.05) is 11.6 Å². The molecule has 0 aliphatic carbocycles. The molecule has 0 spiro atoms. The predicted molar refractivity (Wildman–Crippen MR) is 67.6 cm³/mol. The highest BCUT2D eigenvalue weighted by molar-refractivity contribution is 6.38. The van der Waals surface area contributed by atoms with Crippen LogP contribution in [0.25, 0.3) is 11.0 Å². The van der Waals surface area contributed by atoms with Gasteiger partial charge in [0.25, 0.3) is 0 Å². The third-order valence-electron chi connectivity index (χ3n) is 2.69. The Morgan fingerprint density at radius 2 is 2.24 bits per heavy atom. The molecule has 5 heteroatoms. The predicted octanol–water partition coefficient (Wildman–Crippen LogP) is 3.01. The lowest BCUT2D eigenvalue weighted by Crippen LogP contribution is -2.01. The van der Waals surface area contributed by atoms with Gasteiger partial charge in [0.15, 0.2) is 11.4 Å². The molecule has 90 valence electrons. The Kier molecular flexibility index (Phi) is 3.15. The molecule has 4 nitrogen and oxygen atoms in total. The fourth-order valence-corrected chi connectivity index (χ4v) is 2.29. The van der Waals surface area contributed by atoms with Crippen LogP contribution in [0.4, 0.5) is 0 Å². The van der Waals surface area contributed by atoms with Crippen LogP contribution in [-0.4, -0.2) is 20.5 Å². The Hall–Kier alpha value is -1.42. The number of nitrogens with zero attached hydrogens (tertiary/aromatic N) is 3. The lowest BCUT2D eigenvalue weighted by molar-refractivity contribution is 0.101. The lowest BCUT2D eigenvalue weighted by atomic mass is 10.1. The number of aromatic nitrogens is 3. The summed E-state index contributed by atoms with van der Waals surface area (Å²) in [5.41, 5.74) is 2.02. The number of rotatable bonds is 3. The molecule has 0 N–H and O–H groups in total. The van der Waals surface area contributed by atoms with Gasteiger partial charge in [-0.15, -0.1) is 0 Å². The summed E-state index contributed by atoms with van der Waals surface area (Å²) >= 11 is 6.24. The lowest BCUT2D eigenvalue weighted by Gasteiger charge is -2.02. The average Bonchev–Trinajstić information content (AvgIpc) is 2.57. The van der Waals surface area contributed by atoms with Gasteiger partial charge in [0.05, 0.1) is 21.7 Å². The molecule has 0 unspecified atom stereocenters. The van der Waals surface area contributed by atoms with Crippen molar-refractivity contribution < 1.29 is 4.79 Å². The highest BCUT2D eigenvalue weighted by Crippen LogP contribution is 2.28. The second-order valence-electron chi connectivity index (χ2n) is 4.05. The Labute approximate surface area is 105 Å². The van der Waals surface area contributed by atoms with Gasteiger partial charge in [0, 0.05) is 12.7 Å². The Morgan fingerprint density at radius 3 is 2.82 bits per heavy atom. The van der Waals surface area contributed by atoms with E-state index in [2.05, 4.69) is 17.0 Å². The number of Topliss-reactive ketones (excluding diaryl/α,β-unsaturated/α-hetero) is 1. The first kappa shape index (κ1) is 12.0. The van der Waals surface area contributed by atoms with E-state index in [1.165, 1.54) is 13.1 Å². The van der Waals surface area contributed by atoms with Gasteiger partial charge in [-0.25, -0.2) is 9.67 Å². The van der Waals surface area contributed by atoms with Gasteiger partial charge in [-0.2, -0.15) is 5.10 Å². The second-order valence-corrected chi connectivity index (χ2v) is 4.43. The summed E-state index contributed by atoms with van der Waals surface area (Å²) in [6, 6.07) is 0. The van der Waals surface area contributed by atoms with Crippen molar-refractivity contribution >= 4 is 28.4 Å². The number of carbonyl (C=O) groups excluding carboxylic acids is 1. The summed E-state index contributed by atoms with van der Waals surface area (Å²) in [5, 5.41) is 5.64. The molecule has 0 saturated carbocycles. The van der Waals surface area contributed by atoms with Crippen molar-refractivity contribution in [2.75, 3.05) is 0 Å². The maximum atomic E-state index is 11.4. The van der Waals surface area contributed by atoms with Gasteiger partial charge in [-0.05, 0) is 20.3 Å². The zero-order valence-corrected chi connectivity index (χ0v) is 10.9. The number of halogens is 1. The van der Waals surface area contributed by atoms with E-state index in [0.29, 0.717) is 10.6 Å². The van der Waals surface area contributed by atoms with Gasteiger partial charge in [0.2, 0.25) is 0 Å². The van der Waals surface area contributed by atoms with Crippen LogP contribution in [0.5, 0.6) is 0 Å². The standard InChI is InChI=1S/C12H14ClN3O/c1-4-5-16-12-10(7(2)15-16)11(13)9(6-14-12)8(3)17/h6H,4-5H2,1-3H3. The molecule has 0 amide bonds. The molecular weight excluding hydrogens is 238 g/mol. The molecule has 0 aromatic carbocycles. The maximum Gasteiger partial charge on any atom is 0.162 e. The second kappa shape index (κ2) is 4.45. The molecule has 0 atom stereocenters. The number of pyridine rings is 1. The van der Waals surface area contributed by atoms with Crippen LogP contribution in [0.3, 0.4) is 0 Å². The molecule has 2 aromatic rings. The van der Waals surface area contributed by atoms with Gasteiger partial charge in [-0.3, -0.25) is 4.79 Å². The molecule has 0 bridgehead atoms. The van der Waals surface area contributed by atoms with Crippen molar-refractivity contribution in [2.24, 2.45) is 0 Å². The van der Waals surface area contributed by atoms with Crippen LogP contribution in [-0.2, 0) is 6.54 Å². The largest absolute Gasteiger partial charge is 0.294 e. The molecule has 0 aliphatic heterocycles. The fraction of sp³-hybridized carbons (Fsp3) is 0.417. The maximum absolute atomic E-state index is 11.4. The van der Waals surface area contributed by atoms with Crippen molar-refractivity contribution in [1.29, 1.82) is 0 Å². The molecule has 2 rings (SSSR count). The minimum Gasteiger partial charge on any atom is -0.294 e. The molecule has 2 heterocycles. The van der Waals surface area contributed by atoms with Crippen LogP contribution < -0.4 is 0 Å². The summed E-state index contributed by atoms with van der Waals surface area (Å²) in [6.45, 7) is 6.24.